The van der Waals surface area contributed by atoms with E-state index in [-0.39, 0.29) is 18.3 Å². The van der Waals surface area contributed by atoms with Crippen molar-refractivity contribution in [2.75, 3.05) is 20.8 Å². The van der Waals surface area contributed by atoms with Gasteiger partial charge in [0.1, 0.15) is 11.5 Å². The second kappa shape index (κ2) is 11.6. The highest BCUT2D eigenvalue weighted by Gasteiger charge is 2.42. The first-order valence-corrected chi connectivity index (χ1v) is 13.2. The summed E-state index contributed by atoms with van der Waals surface area (Å²) in [7, 11) is 3.24. The molecule has 0 amide bonds. The van der Waals surface area contributed by atoms with E-state index < -0.39 is 11.9 Å². The summed E-state index contributed by atoms with van der Waals surface area (Å²) in [4.78, 5) is 27.5. The maximum absolute atomic E-state index is 13.9. The monoisotopic (exact) mass is 523 g/mol. The molecular formula is C33H33NO5. The zero-order valence-corrected chi connectivity index (χ0v) is 22.5. The third kappa shape index (κ3) is 5.46. The maximum atomic E-state index is 13.9. The van der Waals surface area contributed by atoms with Crippen molar-refractivity contribution in [2.45, 2.75) is 38.0 Å². The predicted octanol–water partition coefficient (Wildman–Crippen LogP) is 5.85. The predicted molar refractivity (Wildman–Crippen MR) is 150 cm³/mol. The number of para-hydroxylation sites is 1. The molecule has 1 N–H and O–H groups in total. The SMILES string of the molecule is COc1ccc(C2CC(=O)C3=C(C2)NC(C)=C(C(=O)OCCc2ccccc2)C3c2ccccc2OC)cc1. The Balaban J connectivity index is 1.48. The second-order valence-corrected chi connectivity index (χ2v) is 9.90. The van der Waals surface area contributed by atoms with Gasteiger partial charge in [-0.3, -0.25) is 4.79 Å². The van der Waals surface area contributed by atoms with Gasteiger partial charge in [0.05, 0.1) is 32.3 Å². The zero-order chi connectivity index (χ0) is 27.4. The van der Waals surface area contributed by atoms with Crippen molar-refractivity contribution in [3.8, 4) is 11.5 Å². The molecule has 1 aliphatic carbocycles. The number of hydrogen-bond acceptors (Lipinski definition) is 6. The van der Waals surface area contributed by atoms with Gasteiger partial charge in [0, 0.05) is 35.4 Å². The van der Waals surface area contributed by atoms with Gasteiger partial charge in [0.2, 0.25) is 0 Å². The number of ether oxygens (including phenoxy) is 3. The highest BCUT2D eigenvalue weighted by Crippen LogP contribution is 2.47. The standard InChI is InChI=1S/C33H33NO5/c1-21-30(33(36)39-18-17-22-9-5-4-6-10-22)31(26-11-7-8-12-29(26)38-3)32-27(34-21)19-24(20-28(32)35)23-13-15-25(37-2)16-14-23/h4-16,24,31,34H,17-20H2,1-3H3. The van der Waals surface area contributed by atoms with Crippen LogP contribution in [0.3, 0.4) is 0 Å². The molecule has 2 atom stereocenters. The van der Waals surface area contributed by atoms with E-state index in [1.807, 2.05) is 85.8 Å². The summed E-state index contributed by atoms with van der Waals surface area (Å²) < 4.78 is 16.8. The first-order chi connectivity index (χ1) is 19.0. The number of allylic oxidation sites excluding steroid dienone is 3. The minimum absolute atomic E-state index is 0.0163. The molecule has 6 heteroatoms. The van der Waals surface area contributed by atoms with E-state index in [0.717, 1.165) is 28.1 Å². The normalized spacial score (nSPS) is 18.8. The van der Waals surface area contributed by atoms with Crippen molar-refractivity contribution in [1.82, 2.24) is 5.32 Å². The molecule has 0 radical (unpaired) electrons. The third-order valence-electron chi connectivity index (χ3n) is 7.55. The van der Waals surface area contributed by atoms with Gasteiger partial charge in [-0.05, 0) is 48.6 Å². The fraction of sp³-hybridized carbons (Fsp3) is 0.273. The number of ketones is 1. The molecule has 0 bridgehead atoms. The molecule has 2 unspecified atom stereocenters. The average molecular weight is 524 g/mol. The quantitative estimate of drug-likeness (QED) is 0.374. The van der Waals surface area contributed by atoms with Crippen molar-refractivity contribution in [3.63, 3.8) is 0 Å². The number of carbonyl (C=O) groups is 2. The minimum atomic E-state index is -0.578. The van der Waals surface area contributed by atoms with Gasteiger partial charge in [0.15, 0.2) is 5.78 Å². The molecule has 5 rings (SSSR count). The lowest BCUT2D eigenvalue weighted by molar-refractivity contribution is -0.139. The molecule has 0 spiro atoms. The van der Waals surface area contributed by atoms with Crippen molar-refractivity contribution >= 4 is 11.8 Å². The van der Waals surface area contributed by atoms with Crippen LogP contribution in [-0.2, 0) is 20.7 Å². The molecule has 0 aromatic heterocycles. The average Bonchev–Trinajstić information content (AvgIpc) is 2.96. The van der Waals surface area contributed by atoms with Gasteiger partial charge in [-0.1, -0.05) is 60.7 Å². The minimum Gasteiger partial charge on any atom is -0.497 e. The Morgan fingerprint density at radius 3 is 2.33 bits per heavy atom. The fourth-order valence-electron chi connectivity index (χ4n) is 5.62. The molecule has 3 aromatic carbocycles. The van der Waals surface area contributed by atoms with Gasteiger partial charge < -0.3 is 19.5 Å². The van der Waals surface area contributed by atoms with Crippen molar-refractivity contribution in [3.05, 3.63) is 118 Å². The number of nitrogens with one attached hydrogen (secondary N) is 1. The highest BCUT2D eigenvalue weighted by molar-refractivity contribution is 6.04. The molecule has 1 aliphatic heterocycles. The van der Waals surface area contributed by atoms with Gasteiger partial charge in [-0.25, -0.2) is 4.79 Å². The summed E-state index contributed by atoms with van der Waals surface area (Å²) in [6, 6.07) is 25.4. The van der Waals surface area contributed by atoms with E-state index in [9.17, 15) is 9.59 Å². The van der Waals surface area contributed by atoms with E-state index >= 15 is 0 Å². The Hall–Kier alpha value is -4.32. The van der Waals surface area contributed by atoms with E-state index in [4.69, 9.17) is 14.2 Å². The van der Waals surface area contributed by atoms with Gasteiger partial charge >= 0.3 is 5.97 Å². The van der Waals surface area contributed by atoms with Crippen LogP contribution >= 0.6 is 0 Å². The number of methoxy groups -OCH3 is 2. The summed E-state index contributed by atoms with van der Waals surface area (Å²) >= 11 is 0. The van der Waals surface area contributed by atoms with E-state index in [0.29, 0.717) is 41.9 Å². The number of carbonyl (C=O) groups excluding carboxylic acids is 2. The lowest BCUT2D eigenvalue weighted by Crippen LogP contribution is -2.36. The Kier molecular flexibility index (Phi) is 7.82. The van der Waals surface area contributed by atoms with Crippen LogP contribution in [0.4, 0.5) is 0 Å². The second-order valence-electron chi connectivity index (χ2n) is 9.90. The Morgan fingerprint density at radius 1 is 0.897 bits per heavy atom. The van der Waals surface area contributed by atoms with Crippen molar-refractivity contribution in [2.24, 2.45) is 0 Å². The summed E-state index contributed by atoms with van der Waals surface area (Å²) in [5.74, 6) is 0.447. The number of esters is 1. The number of Topliss-reactive ketones (excluding diaryl/α,β-unsaturated/α-hetero) is 1. The Labute approximate surface area is 229 Å². The largest absolute Gasteiger partial charge is 0.497 e. The van der Waals surface area contributed by atoms with Crippen LogP contribution in [0.25, 0.3) is 0 Å². The van der Waals surface area contributed by atoms with Crippen LogP contribution in [0.1, 0.15) is 48.3 Å². The fourth-order valence-corrected chi connectivity index (χ4v) is 5.62. The number of dihydropyridines is 1. The zero-order valence-electron chi connectivity index (χ0n) is 22.5. The molecule has 0 fully saturated rings. The molecule has 0 saturated carbocycles. The van der Waals surface area contributed by atoms with Gasteiger partial charge in [-0.15, -0.1) is 0 Å². The van der Waals surface area contributed by atoms with Crippen LogP contribution < -0.4 is 14.8 Å². The number of hydrogen-bond donors (Lipinski definition) is 1. The Bertz CT molecular complexity index is 1420. The summed E-state index contributed by atoms with van der Waals surface area (Å²) in [6.45, 7) is 2.12. The first kappa shape index (κ1) is 26.3. The van der Waals surface area contributed by atoms with Gasteiger partial charge in [-0.2, -0.15) is 0 Å². The summed E-state index contributed by atoms with van der Waals surface area (Å²) in [6.07, 6.45) is 1.63. The van der Waals surface area contributed by atoms with Crippen molar-refractivity contribution in [1.29, 1.82) is 0 Å². The molecule has 0 saturated heterocycles. The first-order valence-electron chi connectivity index (χ1n) is 13.2. The molecule has 2 aliphatic rings. The third-order valence-corrected chi connectivity index (χ3v) is 7.55. The van der Waals surface area contributed by atoms with Crippen LogP contribution in [0.2, 0.25) is 0 Å². The molecule has 6 nitrogen and oxygen atoms in total. The van der Waals surface area contributed by atoms with Crippen LogP contribution in [0.15, 0.2) is 101 Å². The number of rotatable bonds is 8. The van der Waals surface area contributed by atoms with Crippen molar-refractivity contribution < 1.29 is 23.8 Å². The van der Waals surface area contributed by atoms with Crippen LogP contribution in [-0.4, -0.2) is 32.6 Å². The lowest BCUT2D eigenvalue weighted by atomic mass is 9.71. The van der Waals surface area contributed by atoms with E-state index in [1.165, 1.54) is 0 Å². The van der Waals surface area contributed by atoms with Crippen LogP contribution in [0.5, 0.6) is 11.5 Å². The molecule has 1 heterocycles. The highest BCUT2D eigenvalue weighted by atomic mass is 16.5. The number of benzene rings is 3. The molecule has 39 heavy (non-hydrogen) atoms. The molecule has 200 valence electrons. The van der Waals surface area contributed by atoms with Gasteiger partial charge in [0.25, 0.3) is 0 Å². The molecule has 3 aromatic rings. The summed E-state index contributed by atoms with van der Waals surface area (Å²) in [5.41, 5.74) is 5.56. The van der Waals surface area contributed by atoms with E-state index in [2.05, 4.69) is 5.32 Å². The smallest absolute Gasteiger partial charge is 0.336 e. The lowest BCUT2D eigenvalue weighted by Gasteiger charge is -2.37. The van der Waals surface area contributed by atoms with E-state index in [1.54, 1.807) is 14.2 Å². The topological polar surface area (TPSA) is 73.9 Å². The maximum Gasteiger partial charge on any atom is 0.336 e. The Morgan fingerprint density at radius 2 is 1.62 bits per heavy atom. The summed E-state index contributed by atoms with van der Waals surface area (Å²) in [5, 5.41) is 3.42. The van der Waals surface area contributed by atoms with Crippen LogP contribution in [0, 0.1) is 0 Å². The molecular weight excluding hydrogens is 490 g/mol.